The maximum atomic E-state index is 11.4. The molecule has 1 amide bonds. The van der Waals surface area contributed by atoms with Crippen molar-refractivity contribution in [2.24, 2.45) is 23.5 Å². The molecule has 68 valence electrons. The Hall–Kier alpha value is -0.570. The summed E-state index contributed by atoms with van der Waals surface area (Å²) in [6, 6.07) is 0.128. The van der Waals surface area contributed by atoms with Crippen molar-refractivity contribution in [3.05, 3.63) is 0 Å². The maximum absolute atomic E-state index is 11.4. The molecule has 0 saturated heterocycles. The minimum absolute atomic E-state index is 0.105. The molecule has 2 bridgehead atoms. The van der Waals surface area contributed by atoms with Gasteiger partial charge in [-0.15, -0.1) is 0 Å². The number of carbonyl (C=O) groups excluding carboxylic acids is 1. The van der Waals surface area contributed by atoms with Crippen LogP contribution in [0.5, 0.6) is 0 Å². The van der Waals surface area contributed by atoms with E-state index in [4.69, 9.17) is 5.73 Å². The summed E-state index contributed by atoms with van der Waals surface area (Å²) < 4.78 is 0. The summed E-state index contributed by atoms with van der Waals surface area (Å²) in [6.45, 7) is 0. The van der Waals surface area contributed by atoms with Crippen LogP contribution in [0, 0.1) is 17.8 Å². The van der Waals surface area contributed by atoms with Crippen LogP contribution in [-0.4, -0.2) is 19.0 Å². The fourth-order valence-electron chi connectivity index (χ4n) is 2.89. The Labute approximate surface area is 72.7 Å². The third kappa shape index (κ3) is 0.959. The highest BCUT2D eigenvalue weighted by atomic mass is 16.1. The van der Waals surface area contributed by atoms with Gasteiger partial charge in [0, 0.05) is 13.1 Å². The van der Waals surface area contributed by atoms with E-state index >= 15 is 0 Å². The minimum atomic E-state index is 0.105. The minimum Gasteiger partial charge on any atom is -0.359 e. The van der Waals surface area contributed by atoms with Gasteiger partial charge in [0.05, 0.1) is 5.92 Å². The summed E-state index contributed by atoms with van der Waals surface area (Å²) in [7, 11) is 1.70. The predicted molar refractivity (Wildman–Crippen MR) is 46.4 cm³/mol. The molecule has 0 radical (unpaired) electrons. The number of nitrogens with one attached hydrogen (secondary N) is 1. The van der Waals surface area contributed by atoms with Gasteiger partial charge < -0.3 is 11.1 Å². The van der Waals surface area contributed by atoms with Gasteiger partial charge in [-0.2, -0.15) is 0 Å². The smallest absolute Gasteiger partial charge is 0.224 e. The number of hydrogen-bond acceptors (Lipinski definition) is 2. The van der Waals surface area contributed by atoms with Crippen LogP contribution in [0.2, 0.25) is 0 Å². The molecule has 2 fully saturated rings. The topological polar surface area (TPSA) is 55.1 Å². The van der Waals surface area contributed by atoms with Crippen LogP contribution in [0.1, 0.15) is 19.3 Å². The van der Waals surface area contributed by atoms with Crippen LogP contribution >= 0.6 is 0 Å². The standard InChI is InChI=1S/C9H16N2O/c1-11-9(12)7-5-2-3-6(4-5)8(7)10/h5-8H,2-4,10H2,1H3,(H,11,12). The van der Waals surface area contributed by atoms with E-state index in [-0.39, 0.29) is 17.9 Å². The maximum Gasteiger partial charge on any atom is 0.224 e. The van der Waals surface area contributed by atoms with E-state index in [9.17, 15) is 4.79 Å². The molecule has 2 aliphatic carbocycles. The first-order chi connectivity index (χ1) is 5.74. The van der Waals surface area contributed by atoms with Crippen molar-refractivity contribution in [2.45, 2.75) is 25.3 Å². The Morgan fingerprint density at radius 1 is 1.42 bits per heavy atom. The Kier molecular flexibility index (Phi) is 1.83. The van der Waals surface area contributed by atoms with E-state index in [2.05, 4.69) is 5.32 Å². The zero-order valence-corrected chi connectivity index (χ0v) is 7.42. The van der Waals surface area contributed by atoms with Crippen LogP contribution in [0.25, 0.3) is 0 Å². The second kappa shape index (κ2) is 2.73. The average molecular weight is 168 g/mol. The van der Waals surface area contributed by atoms with E-state index < -0.39 is 0 Å². The molecular formula is C9H16N2O. The Balaban J connectivity index is 2.12. The number of amides is 1. The number of carbonyl (C=O) groups is 1. The summed E-state index contributed by atoms with van der Waals surface area (Å²) >= 11 is 0. The lowest BCUT2D eigenvalue weighted by atomic mass is 9.84. The van der Waals surface area contributed by atoms with Gasteiger partial charge in [-0.3, -0.25) is 4.79 Å². The van der Waals surface area contributed by atoms with Gasteiger partial charge in [0.2, 0.25) is 5.91 Å². The van der Waals surface area contributed by atoms with Crippen molar-refractivity contribution in [2.75, 3.05) is 7.05 Å². The molecule has 3 N–H and O–H groups in total. The molecular weight excluding hydrogens is 152 g/mol. The zero-order chi connectivity index (χ0) is 8.72. The summed E-state index contributed by atoms with van der Waals surface area (Å²) in [6.07, 6.45) is 3.62. The van der Waals surface area contributed by atoms with Gasteiger partial charge in [-0.1, -0.05) is 0 Å². The van der Waals surface area contributed by atoms with Crippen LogP contribution in [0.15, 0.2) is 0 Å². The lowest BCUT2D eigenvalue weighted by Crippen LogP contribution is -2.44. The molecule has 0 aromatic rings. The SMILES string of the molecule is CNC(=O)C1C2CCC(C2)C1N. The Morgan fingerprint density at radius 2 is 2.08 bits per heavy atom. The molecule has 0 spiro atoms. The molecule has 2 rings (SSSR count). The third-order valence-electron chi connectivity index (χ3n) is 3.53. The van der Waals surface area contributed by atoms with E-state index in [1.165, 1.54) is 19.3 Å². The molecule has 2 aliphatic rings. The number of hydrogen-bond donors (Lipinski definition) is 2. The molecule has 3 heteroatoms. The predicted octanol–water partition coefficient (Wildman–Crippen LogP) is 0.106. The van der Waals surface area contributed by atoms with Crippen molar-refractivity contribution >= 4 is 5.91 Å². The van der Waals surface area contributed by atoms with Gasteiger partial charge in [0.25, 0.3) is 0 Å². The third-order valence-corrected chi connectivity index (χ3v) is 3.53. The summed E-state index contributed by atoms with van der Waals surface area (Å²) in [4.78, 5) is 11.4. The second-order valence-corrected chi connectivity index (χ2v) is 4.05. The van der Waals surface area contributed by atoms with Gasteiger partial charge >= 0.3 is 0 Å². The molecule has 4 unspecified atom stereocenters. The quantitative estimate of drug-likeness (QED) is 0.583. The monoisotopic (exact) mass is 168 g/mol. The fraction of sp³-hybridized carbons (Fsp3) is 0.889. The Morgan fingerprint density at radius 3 is 2.58 bits per heavy atom. The molecule has 2 saturated carbocycles. The highest BCUT2D eigenvalue weighted by Gasteiger charge is 2.48. The van der Waals surface area contributed by atoms with E-state index in [1.54, 1.807) is 7.05 Å². The molecule has 0 heterocycles. The second-order valence-electron chi connectivity index (χ2n) is 4.05. The first-order valence-corrected chi connectivity index (χ1v) is 4.71. The van der Waals surface area contributed by atoms with Gasteiger partial charge in [0.1, 0.15) is 0 Å². The van der Waals surface area contributed by atoms with Crippen LogP contribution < -0.4 is 11.1 Å². The lowest BCUT2D eigenvalue weighted by molar-refractivity contribution is -0.126. The Bertz CT molecular complexity index is 203. The highest BCUT2D eigenvalue weighted by Crippen LogP contribution is 2.47. The molecule has 0 aromatic heterocycles. The van der Waals surface area contributed by atoms with E-state index in [1.807, 2.05) is 0 Å². The number of fused-ring (bicyclic) bond motifs is 2. The van der Waals surface area contributed by atoms with Crippen LogP contribution in [-0.2, 0) is 4.79 Å². The van der Waals surface area contributed by atoms with E-state index in [0.717, 1.165) is 0 Å². The van der Waals surface area contributed by atoms with E-state index in [0.29, 0.717) is 11.8 Å². The summed E-state index contributed by atoms with van der Waals surface area (Å²) in [5.41, 5.74) is 5.98. The molecule has 0 aromatic carbocycles. The fourth-order valence-corrected chi connectivity index (χ4v) is 2.89. The van der Waals surface area contributed by atoms with Crippen LogP contribution in [0.4, 0.5) is 0 Å². The molecule has 0 aliphatic heterocycles. The largest absolute Gasteiger partial charge is 0.359 e. The normalized spacial score (nSPS) is 44.8. The van der Waals surface area contributed by atoms with Crippen molar-refractivity contribution in [3.8, 4) is 0 Å². The number of nitrogens with two attached hydrogens (primary N) is 1. The van der Waals surface area contributed by atoms with Gasteiger partial charge in [-0.05, 0) is 31.1 Å². The van der Waals surface area contributed by atoms with Crippen LogP contribution in [0.3, 0.4) is 0 Å². The van der Waals surface area contributed by atoms with Gasteiger partial charge in [-0.25, -0.2) is 0 Å². The van der Waals surface area contributed by atoms with Crippen molar-refractivity contribution < 1.29 is 4.79 Å². The first-order valence-electron chi connectivity index (χ1n) is 4.71. The van der Waals surface area contributed by atoms with Gasteiger partial charge in [0.15, 0.2) is 0 Å². The highest BCUT2D eigenvalue weighted by molar-refractivity contribution is 5.80. The molecule has 4 atom stereocenters. The summed E-state index contributed by atoms with van der Waals surface area (Å²) in [5, 5.41) is 2.70. The molecule has 12 heavy (non-hydrogen) atoms. The van der Waals surface area contributed by atoms with Crippen molar-refractivity contribution in [1.29, 1.82) is 0 Å². The van der Waals surface area contributed by atoms with Crippen molar-refractivity contribution in [1.82, 2.24) is 5.32 Å². The molecule has 3 nitrogen and oxygen atoms in total. The lowest BCUT2D eigenvalue weighted by Gasteiger charge is -2.26. The first kappa shape index (κ1) is 8.05. The average Bonchev–Trinajstić information content (AvgIpc) is 2.63. The summed E-state index contributed by atoms with van der Waals surface area (Å²) in [5.74, 6) is 1.45. The van der Waals surface area contributed by atoms with Crippen molar-refractivity contribution in [3.63, 3.8) is 0 Å². The zero-order valence-electron chi connectivity index (χ0n) is 7.42. The number of rotatable bonds is 1.